The summed E-state index contributed by atoms with van der Waals surface area (Å²) in [6, 6.07) is 13.7. The zero-order valence-electron chi connectivity index (χ0n) is 11.0. The summed E-state index contributed by atoms with van der Waals surface area (Å²) in [5, 5.41) is 0. The number of anilines is 1. The maximum atomic E-state index is 12.4. The molecule has 0 saturated heterocycles. The van der Waals surface area contributed by atoms with Crippen molar-refractivity contribution in [3.05, 3.63) is 65.7 Å². The maximum Gasteiger partial charge on any atom is 0.472 e. The first kappa shape index (κ1) is 16.2. The molecule has 2 aromatic carbocycles. The molecule has 2 rings (SSSR count). The van der Waals surface area contributed by atoms with Crippen LogP contribution in [0.15, 0.2) is 54.6 Å². The van der Waals surface area contributed by atoms with Gasteiger partial charge in [-0.25, -0.2) is 3.93 Å². The Labute approximate surface area is 132 Å². The van der Waals surface area contributed by atoms with Crippen molar-refractivity contribution in [1.82, 2.24) is 0 Å². The van der Waals surface area contributed by atoms with Crippen molar-refractivity contribution in [2.75, 3.05) is 3.93 Å². The molecule has 0 fully saturated rings. The van der Waals surface area contributed by atoms with Gasteiger partial charge in [0.15, 0.2) is 5.78 Å². The lowest BCUT2D eigenvalue weighted by atomic mass is 10.0. The standard InChI is InChI=1S/C15H9BrF3NO2/c16-20(14(22)15(17,18)19)12-8-4-7-11(9-12)13(21)10-5-2-1-3-6-10/h1-9H. The molecule has 0 radical (unpaired) electrons. The average molecular weight is 372 g/mol. The van der Waals surface area contributed by atoms with Gasteiger partial charge in [0.1, 0.15) is 0 Å². The van der Waals surface area contributed by atoms with Gasteiger partial charge in [0.05, 0.1) is 21.8 Å². The number of amides is 1. The Morgan fingerprint density at radius 1 is 0.909 bits per heavy atom. The summed E-state index contributed by atoms with van der Waals surface area (Å²) in [5.74, 6) is -2.42. The second-order valence-electron chi connectivity index (χ2n) is 4.33. The Balaban J connectivity index is 2.31. The number of rotatable bonds is 3. The van der Waals surface area contributed by atoms with E-state index in [0.717, 1.165) is 0 Å². The third kappa shape index (κ3) is 3.54. The number of hydrogen-bond donors (Lipinski definition) is 0. The van der Waals surface area contributed by atoms with Gasteiger partial charge >= 0.3 is 12.1 Å². The molecule has 0 saturated carbocycles. The Morgan fingerprint density at radius 2 is 1.50 bits per heavy atom. The Morgan fingerprint density at radius 3 is 2.09 bits per heavy atom. The highest BCUT2D eigenvalue weighted by molar-refractivity contribution is 9.10. The molecule has 0 heterocycles. The van der Waals surface area contributed by atoms with Crippen molar-refractivity contribution < 1.29 is 22.8 Å². The van der Waals surface area contributed by atoms with Crippen LogP contribution in [0.3, 0.4) is 0 Å². The van der Waals surface area contributed by atoms with Gasteiger partial charge in [-0.1, -0.05) is 42.5 Å². The topological polar surface area (TPSA) is 37.4 Å². The highest BCUT2D eigenvalue weighted by Gasteiger charge is 2.42. The van der Waals surface area contributed by atoms with E-state index in [1.54, 1.807) is 30.3 Å². The molecule has 0 aliphatic rings. The SMILES string of the molecule is O=C(c1ccccc1)c1cccc(N(Br)C(=O)C(F)(F)F)c1. The van der Waals surface area contributed by atoms with Gasteiger partial charge in [0, 0.05) is 11.1 Å². The predicted molar refractivity (Wildman–Crippen MR) is 78.8 cm³/mol. The molecular formula is C15H9BrF3NO2. The first-order chi connectivity index (χ1) is 10.3. The lowest BCUT2D eigenvalue weighted by Crippen LogP contribution is -2.34. The highest BCUT2D eigenvalue weighted by Crippen LogP contribution is 2.27. The third-order valence-electron chi connectivity index (χ3n) is 2.79. The van der Waals surface area contributed by atoms with Gasteiger partial charge in [0.25, 0.3) is 0 Å². The van der Waals surface area contributed by atoms with Crippen LogP contribution in [0.5, 0.6) is 0 Å². The molecule has 0 unspecified atom stereocenters. The normalized spacial score (nSPS) is 11.1. The fraction of sp³-hybridized carbons (Fsp3) is 0.0667. The van der Waals surface area contributed by atoms with Crippen molar-refractivity contribution in [3.8, 4) is 0 Å². The molecule has 0 atom stereocenters. The van der Waals surface area contributed by atoms with E-state index in [-0.39, 0.29) is 21.0 Å². The molecule has 0 aromatic heterocycles. The Hall–Kier alpha value is -2.15. The monoisotopic (exact) mass is 371 g/mol. The molecule has 7 heteroatoms. The summed E-state index contributed by atoms with van der Waals surface area (Å²) in [5.41, 5.74) is 0.509. The van der Waals surface area contributed by atoms with Crippen LogP contribution in [0.25, 0.3) is 0 Å². The van der Waals surface area contributed by atoms with Crippen molar-refractivity contribution >= 4 is 33.5 Å². The van der Waals surface area contributed by atoms with Crippen molar-refractivity contribution in [1.29, 1.82) is 0 Å². The molecule has 0 N–H and O–H groups in total. The number of alkyl halides is 3. The zero-order valence-corrected chi connectivity index (χ0v) is 12.6. The lowest BCUT2D eigenvalue weighted by Gasteiger charge is -2.16. The molecule has 0 spiro atoms. The number of carbonyl (C=O) groups is 2. The van der Waals surface area contributed by atoms with Crippen LogP contribution in [0.4, 0.5) is 18.9 Å². The summed E-state index contributed by atoms with van der Waals surface area (Å²) in [6.07, 6.45) is -5.01. The molecule has 114 valence electrons. The van der Waals surface area contributed by atoms with E-state index >= 15 is 0 Å². The number of ketones is 1. The third-order valence-corrected chi connectivity index (χ3v) is 3.52. The van der Waals surface area contributed by atoms with Gasteiger partial charge < -0.3 is 0 Å². The lowest BCUT2D eigenvalue weighted by molar-refractivity contribution is -0.168. The number of carbonyl (C=O) groups excluding carboxylic acids is 2. The van der Waals surface area contributed by atoms with E-state index in [4.69, 9.17) is 0 Å². The highest BCUT2D eigenvalue weighted by atomic mass is 79.9. The maximum absolute atomic E-state index is 12.4. The fourth-order valence-corrected chi connectivity index (χ4v) is 2.18. The van der Waals surface area contributed by atoms with E-state index in [1.807, 2.05) is 0 Å². The minimum atomic E-state index is -5.01. The molecular weight excluding hydrogens is 363 g/mol. The first-order valence-corrected chi connectivity index (χ1v) is 6.78. The molecule has 22 heavy (non-hydrogen) atoms. The summed E-state index contributed by atoms with van der Waals surface area (Å²) >= 11 is 2.58. The average Bonchev–Trinajstić information content (AvgIpc) is 2.53. The number of benzene rings is 2. The van der Waals surface area contributed by atoms with Crippen LogP contribution in [0.1, 0.15) is 15.9 Å². The second-order valence-corrected chi connectivity index (χ2v) is 5.04. The van der Waals surface area contributed by atoms with Crippen LogP contribution < -0.4 is 3.93 Å². The van der Waals surface area contributed by atoms with E-state index in [2.05, 4.69) is 16.1 Å². The van der Waals surface area contributed by atoms with Crippen LogP contribution in [0, 0.1) is 0 Å². The number of hydrogen-bond acceptors (Lipinski definition) is 2. The quantitative estimate of drug-likeness (QED) is 0.601. The summed E-state index contributed by atoms with van der Waals surface area (Å²) in [4.78, 5) is 23.4. The van der Waals surface area contributed by atoms with E-state index in [9.17, 15) is 22.8 Å². The smallest absolute Gasteiger partial charge is 0.289 e. The van der Waals surface area contributed by atoms with E-state index in [0.29, 0.717) is 5.56 Å². The van der Waals surface area contributed by atoms with Gasteiger partial charge in [-0.3, -0.25) is 9.59 Å². The summed E-state index contributed by atoms with van der Waals surface area (Å²) < 4.78 is 37.5. The molecule has 1 amide bonds. The van der Waals surface area contributed by atoms with Crippen LogP contribution in [0.2, 0.25) is 0 Å². The largest absolute Gasteiger partial charge is 0.472 e. The van der Waals surface area contributed by atoms with Crippen LogP contribution >= 0.6 is 16.1 Å². The Bertz CT molecular complexity index is 701. The van der Waals surface area contributed by atoms with Gasteiger partial charge in [-0.2, -0.15) is 13.2 Å². The van der Waals surface area contributed by atoms with Crippen molar-refractivity contribution in [3.63, 3.8) is 0 Å². The Kier molecular flexibility index (Phi) is 4.65. The van der Waals surface area contributed by atoms with E-state index < -0.39 is 12.1 Å². The number of nitrogens with zero attached hydrogens (tertiary/aromatic N) is 1. The molecule has 3 nitrogen and oxygen atoms in total. The van der Waals surface area contributed by atoms with E-state index in [1.165, 1.54) is 24.3 Å². The molecule has 2 aromatic rings. The van der Waals surface area contributed by atoms with Crippen molar-refractivity contribution in [2.45, 2.75) is 6.18 Å². The van der Waals surface area contributed by atoms with Gasteiger partial charge in [-0.05, 0) is 12.1 Å². The molecule has 0 aliphatic heterocycles. The predicted octanol–water partition coefficient (Wildman–Crippen LogP) is 4.12. The number of halogens is 4. The fourth-order valence-electron chi connectivity index (χ4n) is 1.75. The zero-order chi connectivity index (χ0) is 16.3. The minimum Gasteiger partial charge on any atom is -0.289 e. The molecule has 0 bridgehead atoms. The molecule has 0 aliphatic carbocycles. The van der Waals surface area contributed by atoms with Gasteiger partial charge in [-0.15, -0.1) is 0 Å². The van der Waals surface area contributed by atoms with Crippen molar-refractivity contribution in [2.24, 2.45) is 0 Å². The first-order valence-electron chi connectivity index (χ1n) is 6.07. The van der Waals surface area contributed by atoms with Crippen LogP contribution in [-0.2, 0) is 4.79 Å². The second kappa shape index (κ2) is 6.31. The van der Waals surface area contributed by atoms with Crippen LogP contribution in [-0.4, -0.2) is 17.9 Å². The summed E-state index contributed by atoms with van der Waals surface area (Å²) in [7, 11) is 0. The minimum absolute atomic E-state index is 0.0795. The summed E-state index contributed by atoms with van der Waals surface area (Å²) in [6.45, 7) is 0. The van der Waals surface area contributed by atoms with Gasteiger partial charge in [0.2, 0.25) is 0 Å².